The van der Waals surface area contributed by atoms with Gasteiger partial charge >= 0.3 is 0 Å². The summed E-state index contributed by atoms with van der Waals surface area (Å²) in [6.45, 7) is 7.03. The highest BCUT2D eigenvalue weighted by Crippen LogP contribution is 2.33. The molecule has 1 aromatic heterocycles. The van der Waals surface area contributed by atoms with Gasteiger partial charge in [-0.05, 0) is 36.3 Å². The quantitative estimate of drug-likeness (QED) is 0.914. The third-order valence-corrected chi connectivity index (χ3v) is 5.10. The van der Waals surface area contributed by atoms with Gasteiger partial charge in [0, 0.05) is 11.4 Å². The third kappa shape index (κ3) is 2.31. The normalized spacial score (nSPS) is 22.4. The standard InChI is InChI=1S/C14H22N2OS/c1-4-9(2)13(15)14(17)16-7-5-12-11(10(16)3)6-8-18-12/h6,8-10,13H,4-5,7,15H2,1-3H3/t9?,10?,13-/m0/s1. The van der Waals surface area contributed by atoms with Crippen LogP contribution in [0.5, 0.6) is 0 Å². The zero-order chi connectivity index (χ0) is 13.3. The number of hydrogen-bond donors (Lipinski definition) is 1. The number of carbonyl (C=O) groups is 1. The molecule has 0 radical (unpaired) electrons. The van der Waals surface area contributed by atoms with Crippen molar-refractivity contribution < 1.29 is 4.79 Å². The Kier molecular flexibility index (Phi) is 4.07. The summed E-state index contributed by atoms with van der Waals surface area (Å²) in [5.41, 5.74) is 7.37. The molecule has 3 atom stereocenters. The molecule has 1 amide bonds. The topological polar surface area (TPSA) is 46.3 Å². The third-order valence-electron chi connectivity index (χ3n) is 4.10. The van der Waals surface area contributed by atoms with Crippen molar-refractivity contribution in [2.75, 3.05) is 6.54 Å². The molecule has 1 aliphatic rings. The van der Waals surface area contributed by atoms with Crippen LogP contribution in [0.1, 0.15) is 43.7 Å². The Labute approximate surface area is 113 Å². The lowest BCUT2D eigenvalue weighted by atomic mass is 9.95. The van der Waals surface area contributed by atoms with Gasteiger partial charge in [-0.1, -0.05) is 20.3 Å². The van der Waals surface area contributed by atoms with E-state index in [0.717, 1.165) is 19.4 Å². The van der Waals surface area contributed by atoms with Crippen LogP contribution in [-0.4, -0.2) is 23.4 Å². The second-order valence-electron chi connectivity index (χ2n) is 5.17. The van der Waals surface area contributed by atoms with E-state index in [-0.39, 0.29) is 23.9 Å². The first-order chi connectivity index (χ1) is 8.56. The Bertz CT molecular complexity index is 429. The van der Waals surface area contributed by atoms with Crippen molar-refractivity contribution >= 4 is 17.2 Å². The molecule has 1 aliphatic heterocycles. The molecule has 18 heavy (non-hydrogen) atoms. The molecule has 0 bridgehead atoms. The molecule has 0 aliphatic carbocycles. The van der Waals surface area contributed by atoms with Crippen molar-refractivity contribution in [3.05, 3.63) is 21.9 Å². The van der Waals surface area contributed by atoms with Crippen LogP contribution in [-0.2, 0) is 11.2 Å². The minimum atomic E-state index is -0.363. The van der Waals surface area contributed by atoms with Gasteiger partial charge in [0.25, 0.3) is 0 Å². The van der Waals surface area contributed by atoms with E-state index in [1.165, 1.54) is 10.4 Å². The molecule has 2 N–H and O–H groups in total. The van der Waals surface area contributed by atoms with E-state index < -0.39 is 0 Å². The van der Waals surface area contributed by atoms with Crippen LogP contribution < -0.4 is 5.73 Å². The van der Waals surface area contributed by atoms with Gasteiger partial charge in [0.2, 0.25) is 5.91 Å². The summed E-state index contributed by atoms with van der Waals surface area (Å²) >= 11 is 1.79. The maximum absolute atomic E-state index is 12.4. The highest BCUT2D eigenvalue weighted by Gasteiger charge is 2.32. The van der Waals surface area contributed by atoms with Crippen molar-refractivity contribution in [3.8, 4) is 0 Å². The molecule has 0 saturated carbocycles. The zero-order valence-electron chi connectivity index (χ0n) is 11.3. The molecule has 0 fully saturated rings. The summed E-state index contributed by atoms with van der Waals surface area (Å²) in [6.07, 6.45) is 1.91. The molecule has 2 heterocycles. The summed E-state index contributed by atoms with van der Waals surface area (Å²) in [4.78, 5) is 15.8. The fourth-order valence-electron chi connectivity index (χ4n) is 2.50. The predicted octanol–water partition coefficient (Wildman–Crippen LogP) is 2.57. The first-order valence-electron chi connectivity index (χ1n) is 6.68. The van der Waals surface area contributed by atoms with Crippen LogP contribution >= 0.6 is 11.3 Å². The number of nitrogens with two attached hydrogens (primary N) is 1. The van der Waals surface area contributed by atoms with Crippen LogP contribution in [0, 0.1) is 5.92 Å². The molecule has 4 heteroatoms. The maximum Gasteiger partial charge on any atom is 0.240 e. The maximum atomic E-state index is 12.4. The Balaban J connectivity index is 2.14. The van der Waals surface area contributed by atoms with Crippen LogP contribution in [0.3, 0.4) is 0 Å². The molecule has 0 spiro atoms. The Hall–Kier alpha value is -0.870. The summed E-state index contributed by atoms with van der Waals surface area (Å²) in [5.74, 6) is 0.349. The number of amides is 1. The summed E-state index contributed by atoms with van der Waals surface area (Å²) < 4.78 is 0. The lowest BCUT2D eigenvalue weighted by molar-refractivity contribution is -0.136. The molecule has 2 rings (SSSR count). The Morgan fingerprint density at radius 1 is 1.67 bits per heavy atom. The highest BCUT2D eigenvalue weighted by molar-refractivity contribution is 7.10. The van der Waals surface area contributed by atoms with Crippen molar-refractivity contribution in [1.82, 2.24) is 4.90 Å². The first kappa shape index (κ1) is 13.6. The molecule has 3 nitrogen and oxygen atoms in total. The molecular formula is C14H22N2OS. The Morgan fingerprint density at radius 3 is 3.06 bits per heavy atom. The number of rotatable bonds is 3. The largest absolute Gasteiger partial charge is 0.334 e. The highest BCUT2D eigenvalue weighted by atomic mass is 32.1. The number of fused-ring (bicyclic) bond motifs is 1. The summed E-state index contributed by atoms with van der Waals surface area (Å²) in [6, 6.07) is 1.94. The van der Waals surface area contributed by atoms with E-state index in [1.807, 2.05) is 11.8 Å². The monoisotopic (exact) mass is 266 g/mol. The predicted molar refractivity (Wildman–Crippen MR) is 75.6 cm³/mol. The van der Waals surface area contributed by atoms with E-state index in [9.17, 15) is 4.79 Å². The van der Waals surface area contributed by atoms with Gasteiger partial charge < -0.3 is 10.6 Å². The van der Waals surface area contributed by atoms with Gasteiger partial charge in [-0.3, -0.25) is 4.79 Å². The first-order valence-corrected chi connectivity index (χ1v) is 7.56. The zero-order valence-corrected chi connectivity index (χ0v) is 12.2. The minimum absolute atomic E-state index is 0.105. The fourth-order valence-corrected chi connectivity index (χ4v) is 3.46. The van der Waals surface area contributed by atoms with E-state index in [2.05, 4.69) is 25.3 Å². The minimum Gasteiger partial charge on any atom is -0.334 e. The average molecular weight is 266 g/mol. The average Bonchev–Trinajstić information content (AvgIpc) is 2.86. The number of hydrogen-bond acceptors (Lipinski definition) is 3. The molecule has 100 valence electrons. The van der Waals surface area contributed by atoms with Crippen LogP contribution in [0.4, 0.5) is 0 Å². The van der Waals surface area contributed by atoms with Crippen molar-refractivity contribution in [2.24, 2.45) is 11.7 Å². The molecule has 0 aromatic carbocycles. The van der Waals surface area contributed by atoms with E-state index >= 15 is 0 Å². The van der Waals surface area contributed by atoms with Gasteiger partial charge in [0.05, 0.1) is 12.1 Å². The number of thiophene rings is 1. The smallest absolute Gasteiger partial charge is 0.240 e. The fraction of sp³-hybridized carbons (Fsp3) is 0.643. The van der Waals surface area contributed by atoms with Gasteiger partial charge in [-0.15, -0.1) is 11.3 Å². The van der Waals surface area contributed by atoms with Crippen LogP contribution in [0.25, 0.3) is 0 Å². The van der Waals surface area contributed by atoms with Gasteiger partial charge in [0.1, 0.15) is 0 Å². The lowest BCUT2D eigenvalue weighted by Gasteiger charge is -2.36. The Morgan fingerprint density at radius 2 is 2.39 bits per heavy atom. The second kappa shape index (κ2) is 5.41. The lowest BCUT2D eigenvalue weighted by Crippen LogP contribution is -2.49. The van der Waals surface area contributed by atoms with E-state index in [0.29, 0.717) is 0 Å². The number of nitrogens with zero attached hydrogens (tertiary/aromatic N) is 1. The van der Waals surface area contributed by atoms with Gasteiger partial charge in [-0.25, -0.2) is 0 Å². The molecule has 2 unspecified atom stereocenters. The van der Waals surface area contributed by atoms with Crippen molar-refractivity contribution in [2.45, 2.75) is 45.7 Å². The van der Waals surface area contributed by atoms with Gasteiger partial charge in [-0.2, -0.15) is 0 Å². The molecule has 0 saturated heterocycles. The van der Waals surface area contributed by atoms with Crippen molar-refractivity contribution in [3.63, 3.8) is 0 Å². The van der Waals surface area contributed by atoms with E-state index in [1.54, 1.807) is 11.3 Å². The SMILES string of the molecule is CCC(C)[C@H](N)C(=O)N1CCc2sccc2C1C. The van der Waals surface area contributed by atoms with Crippen molar-refractivity contribution in [1.29, 1.82) is 0 Å². The summed E-state index contributed by atoms with van der Waals surface area (Å²) in [5, 5.41) is 2.11. The van der Waals surface area contributed by atoms with Crippen LogP contribution in [0.15, 0.2) is 11.4 Å². The summed E-state index contributed by atoms with van der Waals surface area (Å²) in [7, 11) is 0. The van der Waals surface area contributed by atoms with E-state index in [4.69, 9.17) is 5.73 Å². The second-order valence-corrected chi connectivity index (χ2v) is 6.17. The molecular weight excluding hydrogens is 244 g/mol. The van der Waals surface area contributed by atoms with Gasteiger partial charge in [0.15, 0.2) is 0 Å². The van der Waals surface area contributed by atoms with Crippen LogP contribution in [0.2, 0.25) is 0 Å². The molecule has 1 aromatic rings. The number of carbonyl (C=O) groups excluding carboxylic acids is 1.